The van der Waals surface area contributed by atoms with Crippen molar-refractivity contribution in [3.05, 3.63) is 24.3 Å². The van der Waals surface area contributed by atoms with Crippen molar-refractivity contribution in [2.75, 3.05) is 5.75 Å². The molecular formula is C19H23NO3S. The zero-order valence-corrected chi connectivity index (χ0v) is 15.2. The number of fused-ring (bicyclic) bond motifs is 3. The number of benzene rings is 1. The Morgan fingerprint density at radius 3 is 2.83 bits per heavy atom. The molecule has 0 radical (unpaired) electrons. The maximum absolute atomic E-state index is 12.3. The van der Waals surface area contributed by atoms with Crippen LogP contribution in [0.1, 0.15) is 40.0 Å². The molecule has 2 aliphatic rings. The lowest BCUT2D eigenvalue weighted by Gasteiger charge is -2.38. The molecule has 2 saturated carbocycles. The largest absolute Gasteiger partial charge is 0.461 e. The SMILES string of the molecule is CC1(C)[C@H]2CC[C@]1(C)[C@@H](OC(=O)CSc1nc3ccccc3o1)C2. The fourth-order valence-corrected chi connectivity index (χ4v) is 5.16. The molecule has 0 spiro atoms. The van der Waals surface area contributed by atoms with E-state index in [2.05, 4.69) is 25.8 Å². The number of hydrogen-bond acceptors (Lipinski definition) is 5. The Morgan fingerprint density at radius 1 is 1.38 bits per heavy atom. The van der Waals surface area contributed by atoms with Gasteiger partial charge in [-0.2, -0.15) is 0 Å². The summed E-state index contributed by atoms with van der Waals surface area (Å²) >= 11 is 1.30. The van der Waals surface area contributed by atoms with Gasteiger partial charge in [-0.05, 0) is 42.7 Å². The van der Waals surface area contributed by atoms with E-state index >= 15 is 0 Å². The number of thioether (sulfide) groups is 1. The van der Waals surface area contributed by atoms with Crippen LogP contribution in [0.15, 0.2) is 33.9 Å². The van der Waals surface area contributed by atoms with Gasteiger partial charge < -0.3 is 9.15 Å². The van der Waals surface area contributed by atoms with E-state index in [9.17, 15) is 4.79 Å². The summed E-state index contributed by atoms with van der Waals surface area (Å²) in [4.78, 5) is 16.7. The van der Waals surface area contributed by atoms with Crippen LogP contribution < -0.4 is 0 Å². The lowest BCUT2D eigenvalue weighted by Crippen LogP contribution is -2.38. The molecule has 0 saturated heterocycles. The van der Waals surface area contributed by atoms with Crippen LogP contribution in [0.2, 0.25) is 0 Å². The first-order valence-corrected chi connectivity index (χ1v) is 9.56. The zero-order valence-electron chi connectivity index (χ0n) is 14.4. The summed E-state index contributed by atoms with van der Waals surface area (Å²) in [5, 5.41) is 0.521. The van der Waals surface area contributed by atoms with E-state index < -0.39 is 0 Å². The quantitative estimate of drug-likeness (QED) is 0.595. The Kier molecular flexibility index (Phi) is 3.68. The van der Waals surface area contributed by atoms with E-state index in [4.69, 9.17) is 9.15 Å². The van der Waals surface area contributed by atoms with Crippen LogP contribution in [0.3, 0.4) is 0 Å². The Bertz CT molecular complexity index is 751. The second kappa shape index (κ2) is 5.51. The molecule has 3 atom stereocenters. The molecule has 0 amide bonds. The van der Waals surface area contributed by atoms with Crippen LogP contribution in [0.4, 0.5) is 0 Å². The molecule has 1 heterocycles. The predicted molar refractivity (Wildman–Crippen MR) is 93.8 cm³/mol. The van der Waals surface area contributed by atoms with Gasteiger partial charge >= 0.3 is 5.97 Å². The van der Waals surface area contributed by atoms with Crippen LogP contribution in [0.25, 0.3) is 11.1 Å². The molecule has 4 rings (SSSR count). The average molecular weight is 345 g/mol. The molecule has 128 valence electrons. The second-order valence-electron chi connectivity index (χ2n) is 7.83. The van der Waals surface area contributed by atoms with Crippen molar-refractivity contribution >= 4 is 28.8 Å². The average Bonchev–Trinajstić information content (AvgIpc) is 3.11. The standard InChI is InChI=1S/C19H23NO3S/c1-18(2)12-8-9-19(18,3)15(10-12)23-16(21)11-24-17-20-13-6-4-5-7-14(13)22-17/h4-7,12,15H,8-11H2,1-3H3/t12-,15-,19+/m0/s1. The van der Waals surface area contributed by atoms with Gasteiger partial charge in [0, 0.05) is 5.41 Å². The topological polar surface area (TPSA) is 52.3 Å². The van der Waals surface area contributed by atoms with E-state index in [1.807, 2.05) is 24.3 Å². The number of hydrogen-bond donors (Lipinski definition) is 0. The lowest BCUT2D eigenvalue weighted by atomic mass is 9.70. The third-order valence-electron chi connectivity index (χ3n) is 6.58. The molecule has 4 nitrogen and oxygen atoms in total. The third-order valence-corrected chi connectivity index (χ3v) is 7.38. The second-order valence-corrected chi connectivity index (χ2v) is 8.75. The summed E-state index contributed by atoms with van der Waals surface area (Å²) in [7, 11) is 0. The minimum atomic E-state index is -0.170. The smallest absolute Gasteiger partial charge is 0.316 e. The highest BCUT2D eigenvalue weighted by atomic mass is 32.2. The van der Waals surface area contributed by atoms with Gasteiger partial charge in [0.05, 0.1) is 0 Å². The van der Waals surface area contributed by atoms with Gasteiger partial charge in [-0.1, -0.05) is 44.7 Å². The van der Waals surface area contributed by atoms with Gasteiger partial charge in [0.2, 0.25) is 0 Å². The number of esters is 1. The van der Waals surface area contributed by atoms with Gasteiger partial charge in [-0.25, -0.2) is 4.98 Å². The minimum absolute atomic E-state index is 0.0444. The van der Waals surface area contributed by atoms with E-state index in [0.717, 1.165) is 23.9 Å². The molecule has 2 bridgehead atoms. The zero-order chi connectivity index (χ0) is 16.9. The molecule has 0 aliphatic heterocycles. The number of oxazole rings is 1. The van der Waals surface area contributed by atoms with Crippen molar-refractivity contribution in [1.29, 1.82) is 0 Å². The summed E-state index contributed by atoms with van der Waals surface area (Å²) in [5.41, 5.74) is 1.92. The lowest BCUT2D eigenvalue weighted by molar-refractivity contribution is -0.153. The highest BCUT2D eigenvalue weighted by Gasteiger charge is 2.62. The maximum atomic E-state index is 12.3. The van der Waals surface area contributed by atoms with Gasteiger partial charge in [0.1, 0.15) is 17.4 Å². The molecule has 1 aromatic carbocycles. The van der Waals surface area contributed by atoms with Crippen molar-refractivity contribution in [3.63, 3.8) is 0 Å². The number of aromatic nitrogens is 1. The molecule has 0 N–H and O–H groups in total. The first-order chi connectivity index (χ1) is 11.4. The predicted octanol–water partition coefficient (Wildman–Crippen LogP) is 4.68. The van der Waals surface area contributed by atoms with E-state index in [1.165, 1.54) is 18.2 Å². The van der Waals surface area contributed by atoms with Gasteiger partial charge in [-0.3, -0.25) is 4.79 Å². The molecule has 24 heavy (non-hydrogen) atoms. The number of carbonyl (C=O) groups excluding carboxylic acids is 1. The highest BCUT2D eigenvalue weighted by molar-refractivity contribution is 7.99. The monoisotopic (exact) mass is 345 g/mol. The van der Waals surface area contributed by atoms with Crippen LogP contribution in [0, 0.1) is 16.7 Å². The van der Waals surface area contributed by atoms with Gasteiger partial charge in [0.25, 0.3) is 5.22 Å². The molecule has 2 aliphatic carbocycles. The van der Waals surface area contributed by atoms with Crippen molar-refractivity contribution in [2.45, 2.75) is 51.4 Å². The van der Waals surface area contributed by atoms with Crippen LogP contribution in [0.5, 0.6) is 0 Å². The molecule has 5 heteroatoms. The first-order valence-electron chi connectivity index (χ1n) is 8.58. The molecule has 2 fully saturated rings. The molecular weight excluding hydrogens is 322 g/mol. The Labute approximate surface area is 146 Å². The number of carbonyl (C=O) groups is 1. The van der Waals surface area contributed by atoms with Gasteiger partial charge in [-0.15, -0.1) is 0 Å². The number of ether oxygens (including phenoxy) is 1. The van der Waals surface area contributed by atoms with Crippen molar-refractivity contribution in [2.24, 2.45) is 16.7 Å². The molecule has 2 aromatic rings. The van der Waals surface area contributed by atoms with Crippen LogP contribution in [-0.4, -0.2) is 22.8 Å². The summed E-state index contributed by atoms with van der Waals surface area (Å²) in [5.74, 6) is 0.742. The fraction of sp³-hybridized carbons (Fsp3) is 0.579. The molecule has 0 unspecified atom stereocenters. The molecule has 1 aromatic heterocycles. The Balaban J connectivity index is 1.37. The third kappa shape index (κ3) is 2.36. The van der Waals surface area contributed by atoms with E-state index in [-0.39, 0.29) is 28.7 Å². The number of nitrogens with zero attached hydrogens (tertiary/aromatic N) is 1. The van der Waals surface area contributed by atoms with Crippen molar-refractivity contribution < 1.29 is 13.9 Å². The fourth-order valence-electron chi connectivity index (χ4n) is 4.53. The van der Waals surface area contributed by atoms with E-state index in [0.29, 0.717) is 11.1 Å². The van der Waals surface area contributed by atoms with Crippen molar-refractivity contribution in [1.82, 2.24) is 4.98 Å². The van der Waals surface area contributed by atoms with E-state index in [1.54, 1.807) is 0 Å². The van der Waals surface area contributed by atoms with Crippen LogP contribution in [-0.2, 0) is 9.53 Å². The van der Waals surface area contributed by atoms with Crippen LogP contribution >= 0.6 is 11.8 Å². The number of rotatable bonds is 4. The Morgan fingerprint density at radius 2 is 2.17 bits per heavy atom. The van der Waals surface area contributed by atoms with Crippen molar-refractivity contribution in [3.8, 4) is 0 Å². The minimum Gasteiger partial charge on any atom is -0.461 e. The normalized spacial score (nSPS) is 30.8. The summed E-state index contributed by atoms with van der Waals surface area (Å²) in [6, 6.07) is 7.61. The summed E-state index contributed by atoms with van der Waals surface area (Å²) < 4.78 is 11.5. The maximum Gasteiger partial charge on any atom is 0.316 e. The Hall–Kier alpha value is -1.49. The van der Waals surface area contributed by atoms with Gasteiger partial charge in [0.15, 0.2) is 5.58 Å². The highest BCUT2D eigenvalue weighted by Crippen LogP contribution is 2.66. The number of para-hydroxylation sites is 2. The summed E-state index contributed by atoms with van der Waals surface area (Å²) in [6.45, 7) is 6.93. The summed E-state index contributed by atoms with van der Waals surface area (Å²) in [6.07, 6.45) is 3.46. The first kappa shape index (κ1) is 16.0.